The van der Waals surface area contributed by atoms with Gasteiger partial charge in [-0.2, -0.15) is 0 Å². The largest absolute Gasteiger partial charge is 0.363 e. The van der Waals surface area contributed by atoms with Gasteiger partial charge in [-0.1, -0.05) is 18.2 Å². The van der Waals surface area contributed by atoms with E-state index in [-0.39, 0.29) is 0 Å². The number of rotatable bonds is 3. The predicted octanol–water partition coefficient (Wildman–Crippen LogP) is 2.31. The molecule has 1 aromatic carbocycles. The van der Waals surface area contributed by atoms with Gasteiger partial charge >= 0.3 is 0 Å². The van der Waals surface area contributed by atoms with Crippen molar-refractivity contribution in [1.82, 2.24) is 9.97 Å². The monoisotopic (exact) mass is 228 g/mol. The average molecular weight is 228 g/mol. The zero-order chi connectivity index (χ0) is 12.3. The molecule has 4 heteroatoms. The minimum absolute atomic E-state index is 0.884. The molecule has 1 aromatic heterocycles. The summed E-state index contributed by atoms with van der Waals surface area (Å²) in [4.78, 5) is 12.5. The van der Waals surface area contributed by atoms with Crippen molar-refractivity contribution in [3.8, 4) is 0 Å². The van der Waals surface area contributed by atoms with Crippen molar-refractivity contribution in [2.24, 2.45) is 0 Å². The number of hydrogen-bond acceptors (Lipinski definition) is 4. The summed E-state index contributed by atoms with van der Waals surface area (Å²) >= 11 is 0. The van der Waals surface area contributed by atoms with Gasteiger partial charge in [-0.25, -0.2) is 9.97 Å². The van der Waals surface area contributed by atoms with E-state index in [1.165, 1.54) is 0 Å². The lowest BCUT2D eigenvalue weighted by atomic mass is 10.3. The van der Waals surface area contributed by atoms with Crippen LogP contribution in [-0.2, 0) is 0 Å². The van der Waals surface area contributed by atoms with Gasteiger partial charge in [-0.3, -0.25) is 0 Å². The number of nitrogens with zero attached hydrogens (tertiary/aromatic N) is 4. The normalized spacial score (nSPS) is 10.1. The van der Waals surface area contributed by atoms with E-state index in [0.29, 0.717) is 0 Å². The van der Waals surface area contributed by atoms with Gasteiger partial charge in [-0.15, -0.1) is 0 Å². The van der Waals surface area contributed by atoms with Gasteiger partial charge in [0.15, 0.2) is 0 Å². The lowest BCUT2D eigenvalue weighted by Gasteiger charge is -2.19. The van der Waals surface area contributed by atoms with Crippen molar-refractivity contribution in [1.29, 1.82) is 0 Å². The van der Waals surface area contributed by atoms with Crippen LogP contribution >= 0.6 is 0 Å². The molecule has 0 radical (unpaired) electrons. The first kappa shape index (κ1) is 11.4. The molecule has 4 nitrogen and oxygen atoms in total. The van der Waals surface area contributed by atoms with E-state index in [1.807, 2.05) is 55.2 Å². The molecule has 2 rings (SSSR count). The topological polar surface area (TPSA) is 32.3 Å². The third kappa shape index (κ3) is 2.53. The van der Waals surface area contributed by atoms with Crippen molar-refractivity contribution >= 4 is 17.3 Å². The highest BCUT2D eigenvalue weighted by atomic mass is 15.2. The Kier molecular flexibility index (Phi) is 3.23. The van der Waals surface area contributed by atoms with Crippen molar-refractivity contribution < 1.29 is 0 Å². The summed E-state index contributed by atoms with van der Waals surface area (Å²) in [6.45, 7) is 0. The molecule has 0 saturated heterocycles. The van der Waals surface area contributed by atoms with Crippen LogP contribution in [0.5, 0.6) is 0 Å². The maximum absolute atomic E-state index is 4.29. The fourth-order valence-electron chi connectivity index (χ4n) is 1.55. The highest BCUT2D eigenvalue weighted by Crippen LogP contribution is 2.22. The van der Waals surface area contributed by atoms with Crippen LogP contribution in [0.15, 0.2) is 42.7 Å². The van der Waals surface area contributed by atoms with Crippen LogP contribution in [0.3, 0.4) is 0 Å². The molecule has 0 spiro atoms. The highest BCUT2D eigenvalue weighted by Gasteiger charge is 2.06. The SMILES string of the molecule is CN(C)c1cc(N(C)c2ccccc2)ncn1. The third-order valence-corrected chi connectivity index (χ3v) is 2.58. The van der Waals surface area contributed by atoms with Crippen LogP contribution in [-0.4, -0.2) is 31.1 Å². The van der Waals surface area contributed by atoms with Crippen molar-refractivity contribution in [2.75, 3.05) is 30.9 Å². The summed E-state index contributed by atoms with van der Waals surface area (Å²) < 4.78 is 0. The van der Waals surface area contributed by atoms with E-state index in [1.54, 1.807) is 6.33 Å². The Labute approximate surface area is 102 Å². The van der Waals surface area contributed by atoms with Crippen LogP contribution in [0, 0.1) is 0 Å². The van der Waals surface area contributed by atoms with Crippen LogP contribution in [0.4, 0.5) is 17.3 Å². The Hall–Kier alpha value is -2.10. The Morgan fingerprint density at radius 2 is 1.53 bits per heavy atom. The molecule has 88 valence electrons. The lowest BCUT2D eigenvalue weighted by Crippen LogP contribution is -2.15. The number of hydrogen-bond donors (Lipinski definition) is 0. The Balaban J connectivity index is 2.31. The van der Waals surface area contributed by atoms with Crippen LogP contribution < -0.4 is 9.80 Å². The summed E-state index contributed by atoms with van der Waals surface area (Å²) in [5.74, 6) is 1.78. The van der Waals surface area contributed by atoms with E-state index in [4.69, 9.17) is 0 Å². The van der Waals surface area contributed by atoms with Gasteiger partial charge in [0.05, 0.1) is 0 Å². The Morgan fingerprint density at radius 3 is 2.18 bits per heavy atom. The number of benzene rings is 1. The third-order valence-electron chi connectivity index (χ3n) is 2.58. The van der Waals surface area contributed by atoms with E-state index < -0.39 is 0 Å². The molecule has 0 aliphatic heterocycles. The molecule has 17 heavy (non-hydrogen) atoms. The van der Waals surface area contributed by atoms with E-state index in [9.17, 15) is 0 Å². The highest BCUT2D eigenvalue weighted by molar-refractivity contribution is 5.61. The number of anilines is 3. The van der Waals surface area contributed by atoms with Crippen molar-refractivity contribution in [3.05, 3.63) is 42.7 Å². The van der Waals surface area contributed by atoms with E-state index in [0.717, 1.165) is 17.3 Å². The Bertz CT molecular complexity index is 482. The van der Waals surface area contributed by atoms with Crippen molar-refractivity contribution in [3.63, 3.8) is 0 Å². The molecule has 0 fully saturated rings. The second-order valence-corrected chi connectivity index (χ2v) is 4.02. The first-order valence-corrected chi connectivity index (χ1v) is 5.46. The van der Waals surface area contributed by atoms with Gasteiger partial charge in [0.2, 0.25) is 0 Å². The Morgan fingerprint density at radius 1 is 0.882 bits per heavy atom. The molecule has 0 unspecified atom stereocenters. The molecule has 0 aliphatic rings. The second kappa shape index (κ2) is 4.82. The standard InChI is InChI=1S/C13H16N4/c1-16(2)12-9-13(15-10-14-12)17(3)11-7-5-4-6-8-11/h4-10H,1-3H3. The molecule has 0 N–H and O–H groups in total. The molecule has 0 amide bonds. The molecular formula is C13H16N4. The summed E-state index contributed by atoms with van der Waals surface area (Å²) in [5.41, 5.74) is 1.11. The quantitative estimate of drug-likeness (QED) is 0.807. The maximum atomic E-state index is 4.29. The lowest BCUT2D eigenvalue weighted by molar-refractivity contribution is 1.02. The van der Waals surface area contributed by atoms with Gasteiger partial charge in [0.25, 0.3) is 0 Å². The van der Waals surface area contributed by atoms with E-state index >= 15 is 0 Å². The molecular weight excluding hydrogens is 212 g/mol. The molecule has 1 heterocycles. The van der Waals surface area contributed by atoms with Gasteiger partial charge < -0.3 is 9.80 Å². The van der Waals surface area contributed by atoms with Crippen LogP contribution in [0.25, 0.3) is 0 Å². The summed E-state index contributed by atoms with van der Waals surface area (Å²) in [6, 6.07) is 12.1. The average Bonchev–Trinajstić information content (AvgIpc) is 2.39. The number of para-hydroxylation sites is 1. The minimum atomic E-state index is 0.884. The van der Waals surface area contributed by atoms with E-state index in [2.05, 4.69) is 22.1 Å². The molecule has 2 aromatic rings. The summed E-state index contributed by atoms with van der Waals surface area (Å²) in [7, 11) is 5.93. The van der Waals surface area contributed by atoms with Crippen LogP contribution in [0.1, 0.15) is 0 Å². The fraction of sp³-hybridized carbons (Fsp3) is 0.231. The molecule has 0 aliphatic carbocycles. The molecule has 0 saturated carbocycles. The fourth-order valence-corrected chi connectivity index (χ4v) is 1.55. The molecule has 0 bridgehead atoms. The minimum Gasteiger partial charge on any atom is -0.363 e. The molecule has 0 atom stereocenters. The maximum Gasteiger partial charge on any atom is 0.138 e. The van der Waals surface area contributed by atoms with Crippen LogP contribution in [0.2, 0.25) is 0 Å². The zero-order valence-corrected chi connectivity index (χ0v) is 10.3. The second-order valence-electron chi connectivity index (χ2n) is 4.02. The summed E-state index contributed by atoms with van der Waals surface area (Å²) in [6.07, 6.45) is 1.59. The first-order chi connectivity index (χ1) is 8.18. The predicted molar refractivity (Wildman–Crippen MR) is 70.9 cm³/mol. The van der Waals surface area contributed by atoms with Crippen molar-refractivity contribution in [2.45, 2.75) is 0 Å². The summed E-state index contributed by atoms with van der Waals surface area (Å²) in [5, 5.41) is 0. The smallest absolute Gasteiger partial charge is 0.138 e. The number of aromatic nitrogens is 2. The zero-order valence-electron chi connectivity index (χ0n) is 10.3. The first-order valence-electron chi connectivity index (χ1n) is 5.46. The van der Waals surface area contributed by atoms with Gasteiger partial charge in [0.1, 0.15) is 18.0 Å². The van der Waals surface area contributed by atoms with Gasteiger partial charge in [-0.05, 0) is 12.1 Å². The van der Waals surface area contributed by atoms with Gasteiger partial charge in [0, 0.05) is 32.9 Å².